The Morgan fingerprint density at radius 2 is 1.22 bits per heavy atom. The lowest BCUT2D eigenvalue weighted by Crippen LogP contribution is -2.63. The summed E-state index contributed by atoms with van der Waals surface area (Å²) in [5.41, 5.74) is -2.60. The number of nitrogens with zero attached hydrogens (tertiary/aromatic N) is 3. The molecule has 1 heterocycles. The lowest BCUT2D eigenvalue weighted by atomic mass is 9.81. The zero-order valence-corrected chi connectivity index (χ0v) is 30.4. The number of carbonyl (C=O) groups is 4. The van der Waals surface area contributed by atoms with Gasteiger partial charge in [-0.2, -0.15) is 0 Å². The molecular weight excluding hydrogens is 578 g/mol. The van der Waals surface area contributed by atoms with Gasteiger partial charge in [0.05, 0.1) is 6.54 Å². The average molecular weight is 642 g/mol. The molecule has 0 aromatic heterocycles. The fraction of sp³-hybridized carbons (Fsp3) is 0.882. The molecule has 1 aliphatic heterocycles. The van der Waals surface area contributed by atoms with Crippen molar-refractivity contribution >= 4 is 23.9 Å². The number of aliphatic carboxylic acids is 2. The van der Waals surface area contributed by atoms with Crippen molar-refractivity contribution in [1.29, 1.82) is 0 Å². The molecule has 0 aliphatic carbocycles. The van der Waals surface area contributed by atoms with E-state index < -0.39 is 40.7 Å². The molecular formula is C34H63N3O8. The summed E-state index contributed by atoms with van der Waals surface area (Å²) in [6.07, 6.45) is 0.331. The van der Waals surface area contributed by atoms with Crippen LogP contribution >= 0.6 is 0 Å². The van der Waals surface area contributed by atoms with E-state index in [9.17, 15) is 29.4 Å². The van der Waals surface area contributed by atoms with Crippen LogP contribution < -0.4 is 0 Å². The Hall–Kier alpha value is -2.24. The van der Waals surface area contributed by atoms with Crippen molar-refractivity contribution in [3.8, 4) is 0 Å². The smallest absolute Gasteiger partial charge is 0.323 e. The normalized spacial score (nSPS) is 20.8. The molecule has 2 N–H and O–H groups in total. The van der Waals surface area contributed by atoms with Crippen molar-refractivity contribution in [2.24, 2.45) is 10.8 Å². The van der Waals surface area contributed by atoms with Gasteiger partial charge in [0.2, 0.25) is 0 Å². The van der Waals surface area contributed by atoms with Crippen molar-refractivity contribution in [2.45, 2.75) is 145 Å². The number of carbonyl (C=O) groups excluding carboxylic acids is 2. The number of carboxylic acid groups (broad SMARTS) is 2. The minimum Gasteiger partial charge on any atom is -0.481 e. The van der Waals surface area contributed by atoms with E-state index in [-0.39, 0.29) is 48.6 Å². The summed E-state index contributed by atoms with van der Waals surface area (Å²) in [5.74, 6) is -2.69. The fourth-order valence-electron chi connectivity index (χ4n) is 6.11. The average Bonchev–Trinajstić information content (AvgIpc) is 2.94. The first-order valence-electron chi connectivity index (χ1n) is 16.2. The molecule has 3 unspecified atom stereocenters. The minimum atomic E-state index is -0.997. The molecule has 0 amide bonds. The lowest BCUT2D eigenvalue weighted by Gasteiger charge is -2.49. The van der Waals surface area contributed by atoms with Crippen LogP contribution in [0.1, 0.15) is 116 Å². The minimum absolute atomic E-state index is 0.0155. The van der Waals surface area contributed by atoms with Crippen LogP contribution in [-0.2, 0) is 28.7 Å². The number of hydrogen-bond acceptors (Lipinski definition) is 9. The molecule has 0 saturated carbocycles. The van der Waals surface area contributed by atoms with Gasteiger partial charge in [0.1, 0.15) is 17.2 Å². The van der Waals surface area contributed by atoms with E-state index >= 15 is 0 Å². The molecule has 0 aromatic carbocycles. The van der Waals surface area contributed by atoms with Crippen molar-refractivity contribution in [3.63, 3.8) is 0 Å². The summed E-state index contributed by atoms with van der Waals surface area (Å²) in [5, 5.41) is 19.1. The molecule has 11 nitrogen and oxygen atoms in total. The molecule has 0 bridgehead atoms. The number of ether oxygens (including phenoxy) is 2. The van der Waals surface area contributed by atoms with Crippen LogP contribution in [0.4, 0.5) is 0 Å². The largest absolute Gasteiger partial charge is 0.481 e. The zero-order valence-electron chi connectivity index (χ0n) is 30.4. The summed E-state index contributed by atoms with van der Waals surface area (Å²) in [4.78, 5) is 56.8. The Balaban J connectivity index is 3.80. The lowest BCUT2D eigenvalue weighted by molar-refractivity contribution is -0.164. The van der Waals surface area contributed by atoms with Gasteiger partial charge in [0.15, 0.2) is 0 Å². The second-order valence-electron chi connectivity index (χ2n) is 17.2. The Bertz CT molecular complexity index is 1020. The van der Waals surface area contributed by atoms with Gasteiger partial charge in [0, 0.05) is 57.1 Å². The van der Waals surface area contributed by atoms with Gasteiger partial charge >= 0.3 is 23.9 Å². The molecule has 0 spiro atoms. The predicted octanol–water partition coefficient (Wildman–Crippen LogP) is 4.91. The standard InChI is InChI=1S/C34H63N3O8/c1-30(2,3)21-37(20-28(42)44-32(7,8)9)34(13)22-35(24(14-16-26(38)39)29(43)45-33(10,11)12)18-19-36(23-34)25(31(4,5)6)15-17-27(40)41/h24-25H,14-23H2,1-13H3,(H,38,39)(H,40,41). The predicted molar refractivity (Wildman–Crippen MR) is 175 cm³/mol. The van der Waals surface area contributed by atoms with E-state index in [1.165, 1.54) is 0 Å². The third kappa shape index (κ3) is 15.3. The summed E-state index contributed by atoms with van der Waals surface area (Å²) >= 11 is 0. The maximum atomic E-state index is 13.7. The summed E-state index contributed by atoms with van der Waals surface area (Å²) in [6, 6.07) is -0.922. The van der Waals surface area contributed by atoms with Crippen LogP contribution in [0.2, 0.25) is 0 Å². The van der Waals surface area contributed by atoms with Crippen molar-refractivity contribution in [3.05, 3.63) is 0 Å². The Morgan fingerprint density at radius 1 is 0.756 bits per heavy atom. The molecule has 3 atom stereocenters. The fourth-order valence-corrected chi connectivity index (χ4v) is 6.11. The van der Waals surface area contributed by atoms with Crippen molar-refractivity contribution in [1.82, 2.24) is 14.7 Å². The summed E-state index contributed by atoms with van der Waals surface area (Å²) in [7, 11) is 0. The molecule has 11 heteroatoms. The number of rotatable bonds is 13. The van der Waals surface area contributed by atoms with E-state index in [0.717, 1.165) is 0 Å². The van der Waals surface area contributed by atoms with E-state index in [4.69, 9.17) is 9.47 Å². The van der Waals surface area contributed by atoms with E-state index in [2.05, 4.69) is 58.3 Å². The Kier molecular flexibility index (Phi) is 14.1. The second kappa shape index (κ2) is 15.6. The number of carboxylic acids is 2. The Morgan fingerprint density at radius 3 is 1.67 bits per heavy atom. The molecule has 1 saturated heterocycles. The summed E-state index contributed by atoms with van der Waals surface area (Å²) in [6.45, 7) is 28.0. The first kappa shape index (κ1) is 40.8. The summed E-state index contributed by atoms with van der Waals surface area (Å²) < 4.78 is 11.6. The van der Waals surface area contributed by atoms with E-state index in [1.54, 1.807) is 20.8 Å². The zero-order chi connectivity index (χ0) is 35.2. The molecule has 1 aliphatic rings. The van der Waals surface area contributed by atoms with E-state index in [0.29, 0.717) is 39.1 Å². The van der Waals surface area contributed by atoms with E-state index in [1.807, 2.05) is 25.7 Å². The van der Waals surface area contributed by atoms with Crippen LogP contribution in [0.25, 0.3) is 0 Å². The Labute approximate surface area is 272 Å². The highest BCUT2D eigenvalue weighted by atomic mass is 16.6. The SMILES string of the molecule is CC(C)(C)CN(CC(=O)OC(C)(C)C)C1(C)CN(C(CCC(=O)O)C(=O)OC(C)(C)C)CCN(C(CCC(=O)O)C(C)(C)C)C1. The van der Waals surface area contributed by atoms with Gasteiger partial charge in [-0.1, -0.05) is 41.5 Å². The van der Waals surface area contributed by atoms with Gasteiger partial charge in [-0.3, -0.25) is 33.9 Å². The van der Waals surface area contributed by atoms with Crippen molar-refractivity contribution in [2.75, 3.05) is 39.3 Å². The van der Waals surface area contributed by atoms with Gasteiger partial charge in [-0.25, -0.2) is 0 Å². The van der Waals surface area contributed by atoms with Gasteiger partial charge < -0.3 is 19.7 Å². The first-order valence-corrected chi connectivity index (χ1v) is 16.2. The quantitative estimate of drug-likeness (QED) is 0.266. The van der Waals surface area contributed by atoms with Crippen LogP contribution in [0.15, 0.2) is 0 Å². The third-order valence-electron chi connectivity index (χ3n) is 7.75. The maximum Gasteiger partial charge on any atom is 0.323 e. The molecule has 262 valence electrons. The van der Waals surface area contributed by atoms with Crippen LogP contribution in [0.5, 0.6) is 0 Å². The van der Waals surface area contributed by atoms with Gasteiger partial charge in [-0.15, -0.1) is 0 Å². The topological polar surface area (TPSA) is 137 Å². The molecule has 0 radical (unpaired) electrons. The second-order valence-corrected chi connectivity index (χ2v) is 17.2. The highest BCUT2D eigenvalue weighted by molar-refractivity contribution is 5.77. The highest BCUT2D eigenvalue weighted by Gasteiger charge is 2.46. The number of hydrogen-bond donors (Lipinski definition) is 2. The van der Waals surface area contributed by atoms with Crippen LogP contribution in [0.3, 0.4) is 0 Å². The van der Waals surface area contributed by atoms with Gasteiger partial charge in [-0.05, 0) is 72.1 Å². The van der Waals surface area contributed by atoms with Gasteiger partial charge in [0.25, 0.3) is 0 Å². The number of esters is 2. The molecule has 0 aromatic rings. The molecule has 1 fully saturated rings. The van der Waals surface area contributed by atoms with Crippen molar-refractivity contribution < 1.29 is 38.9 Å². The third-order valence-corrected chi connectivity index (χ3v) is 7.75. The first-order chi connectivity index (χ1) is 20.1. The van der Waals surface area contributed by atoms with Crippen LogP contribution in [-0.4, -0.2) is 117 Å². The maximum absolute atomic E-state index is 13.7. The monoisotopic (exact) mass is 641 g/mol. The molecule has 1 rings (SSSR count). The highest BCUT2D eigenvalue weighted by Crippen LogP contribution is 2.34. The van der Waals surface area contributed by atoms with Crippen LogP contribution in [0, 0.1) is 10.8 Å². The molecule has 45 heavy (non-hydrogen) atoms.